The average molecular weight is 293 g/mol. The Morgan fingerprint density at radius 3 is 2.85 bits per heavy atom. The molecule has 2 aromatic rings. The highest BCUT2D eigenvalue weighted by molar-refractivity contribution is 7.13. The van der Waals surface area contributed by atoms with Crippen LogP contribution >= 0.6 is 11.3 Å². The van der Waals surface area contributed by atoms with E-state index in [1.807, 2.05) is 5.38 Å². The van der Waals surface area contributed by atoms with Crippen LogP contribution < -0.4 is 16.2 Å². The molecule has 8 heteroatoms. The highest BCUT2D eigenvalue weighted by Crippen LogP contribution is 2.13. The molecule has 0 aromatic carbocycles. The lowest BCUT2D eigenvalue weighted by atomic mass is 10.3. The molecular formula is C12H15N5O2S. The van der Waals surface area contributed by atoms with Gasteiger partial charge in [0.05, 0.1) is 37.3 Å². The maximum Gasteiger partial charge on any atom is 0.269 e. The SMILES string of the molecule is Nc1nc(Cn2ncc(N3CCOCC3)cc2=O)cs1. The monoisotopic (exact) mass is 293 g/mol. The van der Waals surface area contributed by atoms with Gasteiger partial charge in [-0.15, -0.1) is 11.3 Å². The molecule has 0 radical (unpaired) electrons. The number of morpholine rings is 1. The lowest BCUT2D eigenvalue weighted by Crippen LogP contribution is -2.37. The van der Waals surface area contributed by atoms with E-state index in [4.69, 9.17) is 10.5 Å². The summed E-state index contributed by atoms with van der Waals surface area (Å²) in [6, 6.07) is 1.61. The lowest BCUT2D eigenvalue weighted by molar-refractivity contribution is 0.122. The normalized spacial score (nSPS) is 15.5. The Labute approximate surface area is 119 Å². The molecule has 2 N–H and O–H groups in total. The number of nitrogens with zero attached hydrogens (tertiary/aromatic N) is 4. The van der Waals surface area contributed by atoms with E-state index in [1.54, 1.807) is 12.3 Å². The highest BCUT2D eigenvalue weighted by Gasteiger charge is 2.13. The molecule has 3 heterocycles. The molecule has 0 atom stereocenters. The summed E-state index contributed by atoms with van der Waals surface area (Å²) in [6.07, 6.45) is 1.71. The maximum atomic E-state index is 12.1. The summed E-state index contributed by atoms with van der Waals surface area (Å²) in [5, 5.41) is 6.53. The van der Waals surface area contributed by atoms with Crippen molar-refractivity contribution in [2.75, 3.05) is 36.9 Å². The minimum absolute atomic E-state index is 0.138. The summed E-state index contributed by atoms with van der Waals surface area (Å²) in [7, 11) is 0. The molecule has 20 heavy (non-hydrogen) atoms. The fourth-order valence-corrected chi connectivity index (χ4v) is 2.64. The van der Waals surface area contributed by atoms with Gasteiger partial charge >= 0.3 is 0 Å². The van der Waals surface area contributed by atoms with Crippen LogP contribution in [0.4, 0.5) is 10.8 Å². The molecule has 0 aliphatic carbocycles. The molecule has 106 valence electrons. The van der Waals surface area contributed by atoms with Crippen LogP contribution in [0.25, 0.3) is 0 Å². The van der Waals surface area contributed by atoms with E-state index >= 15 is 0 Å². The second-order valence-electron chi connectivity index (χ2n) is 4.49. The third-order valence-corrected chi connectivity index (χ3v) is 3.84. The van der Waals surface area contributed by atoms with Crippen LogP contribution in [0.2, 0.25) is 0 Å². The van der Waals surface area contributed by atoms with Crippen molar-refractivity contribution in [1.82, 2.24) is 14.8 Å². The Morgan fingerprint density at radius 2 is 2.20 bits per heavy atom. The fourth-order valence-electron chi connectivity index (χ4n) is 2.09. The van der Waals surface area contributed by atoms with Crippen LogP contribution in [0.15, 0.2) is 22.4 Å². The largest absolute Gasteiger partial charge is 0.378 e. The zero-order valence-corrected chi connectivity index (χ0v) is 11.7. The minimum atomic E-state index is -0.138. The molecule has 3 rings (SSSR count). The first-order valence-electron chi connectivity index (χ1n) is 6.32. The predicted molar refractivity (Wildman–Crippen MR) is 77.2 cm³/mol. The third-order valence-electron chi connectivity index (χ3n) is 3.11. The van der Waals surface area contributed by atoms with E-state index in [0.717, 1.165) is 24.5 Å². The number of hydrogen-bond acceptors (Lipinski definition) is 7. The molecule has 1 aliphatic heterocycles. The van der Waals surface area contributed by atoms with Gasteiger partial charge in [0.25, 0.3) is 5.56 Å². The van der Waals surface area contributed by atoms with Gasteiger partial charge in [-0.3, -0.25) is 4.79 Å². The number of thiazole rings is 1. The molecule has 1 saturated heterocycles. The first-order valence-corrected chi connectivity index (χ1v) is 7.20. The number of nitrogens with two attached hydrogens (primary N) is 1. The second kappa shape index (κ2) is 5.59. The zero-order valence-electron chi connectivity index (χ0n) is 10.9. The number of aromatic nitrogens is 3. The van der Waals surface area contributed by atoms with Gasteiger partial charge in [-0.25, -0.2) is 9.67 Å². The van der Waals surface area contributed by atoms with Crippen molar-refractivity contribution in [2.24, 2.45) is 0 Å². The third kappa shape index (κ3) is 2.81. The van der Waals surface area contributed by atoms with Gasteiger partial charge in [-0.1, -0.05) is 0 Å². The number of ether oxygens (including phenoxy) is 1. The van der Waals surface area contributed by atoms with Gasteiger partial charge in [0.1, 0.15) is 0 Å². The van der Waals surface area contributed by atoms with E-state index in [9.17, 15) is 4.79 Å². The topological polar surface area (TPSA) is 86.3 Å². The van der Waals surface area contributed by atoms with Crippen LogP contribution in [0.1, 0.15) is 5.69 Å². The molecule has 1 fully saturated rings. The average Bonchev–Trinajstić information content (AvgIpc) is 2.87. The van der Waals surface area contributed by atoms with E-state index in [-0.39, 0.29) is 5.56 Å². The van der Waals surface area contributed by atoms with Crippen LogP contribution in [-0.4, -0.2) is 41.1 Å². The Hall–Kier alpha value is -1.93. The summed E-state index contributed by atoms with van der Waals surface area (Å²) in [5.74, 6) is 0. The summed E-state index contributed by atoms with van der Waals surface area (Å²) >= 11 is 1.36. The molecule has 0 spiro atoms. The molecule has 1 aliphatic rings. The van der Waals surface area contributed by atoms with E-state index in [1.165, 1.54) is 16.0 Å². The standard InChI is InChI=1S/C12H15N5O2S/c13-12-15-9(8-20-12)7-17-11(18)5-10(6-14-17)16-1-3-19-4-2-16/h5-6,8H,1-4,7H2,(H2,13,15). The predicted octanol–water partition coefficient (Wildman–Crippen LogP) is 0.167. The van der Waals surface area contributed by atoms with Crippen molar-refractivity contribution in [1.29, 1.82) is 0 Å². The molecule has 7 nitrogen and oxygen atoms in total. The molecule has 0 saturated carbocycles. The minimum Gasteiger partial charge on any atom is -0.378 e. The Bertz CT molecular complexity index is 647. The quantitative estimate of drug-likeness (QED) is 0.868. The fraction of sp³-hybridized carbons (Fsp3) is 0.417. The molecule has 2 aromatic heterocycles. The number of rotatable bonds is 3. The summed E-state index contributed by atoms with van der Waals surface area (Å²) in [6.45, 7) is 3.28. The van der Waals surface area contributed by atoms with Gasteiger partial charge in [0.15, 0.2) is 5.13 Å². The lowest BCUT2D eigenvalue weighted by Gasteiger charge is -2.28. The van der Waals surface area contributed by atoms with Gasteiger partial charge in [-0.05, 0) is 0 Å². The number of hydrogen-bond donors (Lipinski definition) is 1. The molecule has 0 bridgehead atoms. The highest BCUT2D eigenvalue weighted by atomic mass is 32.1. The van der Waals surface area contributed by atoms with Crippen molar-refractivity contribution >= 4 is 22.2 Å². The first-order chi connectivity index (χ1) is 9.72. The van der Waals surface area contributed by atoms with Crippen LogP contribution in [0.5, 0.6) is 0 Å². The molecule has 0 unspecified atom stereocenters. The molecular weight excluding hydrogens is 278 g/mol. The van der Waals surface area contributed by atoms with Gasteiger partial charge < -0.3 is 15.4 Å². The van der Waals surface area contributed by atoms with Gasteiger partial charge in [0, 0.05) is 24.5 Å². The summed E-state index contributed by atoms with van der Waals surface area (Å²) in [4.78, 5) is 18.3. The van der Waals surface area contributed by atoms with Crippen molar-refractivity contribution in [3.8, 4) is 0 Å². The van der Waals surface area contributed by atoms with Crippen molar-refractivity contribution < 1.29 is 4.74 Å². The zero-order chi connectivity index (χ0) is 13.9. The van der Waals surface area contributed by atoms with E-state index in [0.29, 0.717) is 24.9 Å². The molecule has 0 amide bonds. The van der Waals surface area contributed by atoms with Crippen LogP contribution in [0.3, 0.4) is 0 Å². The van der Waals surface area contributed by atoms with Gasteiger partial charge in [-0.2, -0.15) is 5.10 Å². The Morgan fingerprint density at radius 1 is 1.40 bits per heavy atom. The first kappa shape index (κ1) is 13.1. The van der Waals surface area contributed by atoms with Crippen LogP contribution in [-0.2, 0) is 11.3 Å². The van der Waals surface area contributed by atoms with Crippen LogP contribution in [0, 0.1) is 0 Å². The number of anilines is 2. The summed E-state index contributed by atoms with van der Waals surface area (Å²) < 4.78 is 6.68. The van der Waals surface area contributed by atoms with E-state index in [2.05, 4.69) is 15.0 Å². The van der Waals surface area contributed by atoms with Crippen molar-refractivity contribution in [3.05, 3.63) is 33.7 Å². The van der Waals surface area contributed by atoms with E-state index < -0.39 is 0 Å². The van der Waals surface area contributed by atoms with Crippen molar-refractivity contribution in [3.63, 3.8) is 0 Å². The second-order valence-corrected chi connectivity index (χ2v) is 5.38. The Balaban J connectivity index is 1.78. The van der Waals surface area contributed by atoms with Crippen molar-refractivity contribution in [2.45, 2.75) is 6.54 Å². The number of nitrogen functional groups attached to an aromatic ring is 1. The van der Waals surface area contributed by atoms with Gasteiger partial charge in [0.2, 0.25) is 0 Å². The smallest absolute Gasteiger partial charge is 0.269 e. The maximum absolute atomic E-state index is 12.1. The summed E-state index contributed by atoms with van der Waals surface area (Å²) in [5.41, 5.74) is 7.03. The Kier molecular flexibility index (Phi) is 3.66.